The van der Waals surface area contributed by atoms with Crippen molar-refractivity contribution in [3.05, 3.63) is 103 Å². The Balaban J connectivity index is 1.18. The van der Waals surface area contributed by atoms with Crippen LogP contribution in [-0.4, -0.2) is 9.97 Å². The van der Waals surface area contributed by atoms with E-state index >= 15 is 0 Å². The molecule has 4 heterocycles. The Hall–Kier alpha value is -4.68. The average Bonchev–Trinajstić information content (AvgIpc) is 4.01. The Morgan fingerprint density at radius 3 is 1.44 bits per heavy atom. The van der Waals surface area contributed by atoms with Gasteiger partial charge < -0.3 is 0 Å². The molecule has 0 bridgehead atoms. The van der Waals surface area contributed by atoms with Gasteiger partial charge >= 0.3 is 0 Å². The van der Waals surface area contributed by atoms with E-state index in [1.165, 1.54) is 81.9 Å². The molecule has 0 aliphatic heterocycles. The van der Waals surface area contributed by atoms with Crippen molar-refractivity contribution in [3.8, 4) is 52.8 Å². The smallest absolute Gasteiger partial charge is 0.239 e. The van der Waals surface area contributed by atoms with Gasteiger partial charge in [0, 0.05) is 20.6 Å². The summed E-state index contributed by atoms with van der Waals surface area (Å²) in [6.45, 7) is 14.5. The minimum atomic E-state index is -0.0862. The third-order valence-electron chi connectivity index (χ3n) is 11.0. The zero-order valence-electron chi connectivity index (χ0n) is 27.0. The number of aromatic nitrogens is 2. The van der Waals surface area contributed by atoms with Gasteiger partial charge in [-0.05, 0) is 96.5 Å². The van der Waals surface area contributed by atoms with Gasteiger partial charge in [-0.15, -0.1) is 45.3 Å². The average molecular weight is 721 g/mol. The molecule has 0 unspecified atom stereocenters. The maximum Gasteiger partial charge on any atom is 0.263 e. The second-order valence-corrected chi connectivity index (χ2v) is 17.8. The molecule has 50 heavy (non-hydrogen) atoms. The fraction of sp³-hybridized carbons (Fsp3) is 0.300. The highest BCUT2D eigenvalue weighted by Crippen LogP contribution is 2.64. The summed E-state index contributed by atoms with van der Waals surface area (Å²) >= 11 is 6.80. The Morgan fingerprint density at radius 2 is 1.06 bits per heavy atom. The van der Waals surface area contributed by atoms with Crippen LogP contribution in [0.1, 0.15) is 96.5 Å². The normalized spacial score (nSPS) is 18.1. The molecule has 0 saturated heterocycles. The largest absolute Gasteiger partial charge is 0.263 e. The summed E-state index contributed by atoms with van der Waals surface area (Å²) in [7, 11) is 0. The SMILES string of the molecule is [C-]#[N+]/C(C#N)=C\c1ccc(-c2nc3c(s2)-c2cc4c(cc2C32CCCCC2)-c2sc(-c3ccc(/C=C(\C#N)[N+]#[C-])s3)nc2C42CCCCC2)s1. The monoisotopic (exact) mass is 720 g/mol. The van der Waals surface area contributed by atoms with Crippen LogP contribution in [0.25, 0.3) is 62.5 Å². The summed E-state index contributed by atoms with van der Waals surface area (Å²) < 4.78 is 0. The van der Waals surface area contributed by atoms with E-state index in [2.05, 4.69) is 34.0 Å². The lowest BCUT2D eigenvalue weighted by Gasteiger charge is -2.36. The standard InChI is InChI=1S/C40H28N6S4/c1-43-23(21-41)17-25-9-11-31(47-25)37-45-35-33(49-37)27-19-30-28(20-29(27)39(35)13-5-3-6-14-39)34-36(40(30)15-7-4-8-16-40)46-38(50-34)32-12-10-26(48-32)18-24(22-42)44-2/h9-12,17-20H,3-8,13-16H2/b23-17-,24-18+. The van der Waals surface area contributed by atoms with Gasteiger partial charge in [0.2, 0.25) is 0 Å². The van der Waals surface area contributed by atoms with Gasteiger partial charge in [-0.2, -0.15) is 0 Å². The first-order valence-corrected chi connectivity index (χ1v) is 20.2. The lowest BCUT2D eigenvalue weighted by atomic mass is 9.67. The topological polar surface area (TPSA) is 82.1 Å². The van der Waals surface area contributed by atoms with Crippen LogP contribution < -0.4 is 0 Å². The maximum atomic E-state index is 9.28. The van der Waals surface area contributed by atoms with Crippen LogP contribution >= 0.6 is 45.3 Å². The number of thiazole rings is 2. The summed E-state index contributed by atoms with van der Waals surface area (Å²) in [6, 6.07) is 17.2. The predicted molar refractivity (Wildman–Crippen MR) is 203 cm³/mol. The molecule has 9 rings (SSSR count). The number of allylic oxidation sites excluding steroid dienone is 2. The lowest BCUT2D eigenvalue weighted by Crippen LogP contribution is -2.30. The Labute approximate surface area is 307 Å². The number of benzene rings is 1. The summed E-state index contributed by atoms with van der Waals surface area (Å²) in [5.74, 6) is 0. The molecule has 0 radical (unpaired) electrons. The van der Waals surface area contributed by atoms with Gasteiger partial charge in [-0.25, -0.2) is 30.2 Å². The molecule has 0 N–H and O–H groups in total. The molecule has 2 spiro atoms. The van der Waals surface area contributed by atoms with Gasteiger partial charge in [0.05, 0.1) is 56.2 Å². The molecule has 2 fully saturated rings. The van der Waals surface area contributed by atoms with Crippen LogP contribution in [0.5, 0.6) is 0 Å². The van der Waals surface area contributed by atoms with E-state index in [9.17, 15) is 10.5 Å². The highest BCUT2D eigenvalue weighted by atomic mass is 32.1. The van der Waals surface area contributed by atoms with E-state index in [4.69, 9.17) is 23.1 Å². The van der Waals surface area contributed by atoms with Crippen LogP contribution in [0.2, 0.25) is 0 Å². The molecule has 4 aliphatic rings. The summed E-state index contributed by atoms with van der Waals surface area (Å²) in [6.07, 6.45) is 15.1. The van der Waals surface area contributed by atoms with Crippen molar-refractivity contribution in [1.82, 2.24) is 9.97 Å². The zero-order chi connectivity index (χ0) is 34.0. The summed E-state index contributed by atoms with van der Waals surface area (Å²) in [4.78, 5) is 24.2. The maximum absolute atomic E-state index is 9.28. The number of rotatable bonds is 4. The van der Waals surface area contributed by atoms with Crippen molar-refractivity contribution in [1.29, 1.82) is 10.5 Å². The fourth-order valence-electron chi connectivity index (χ4n) is 8.75. The van der Waals surface area contributed by atoms with E-state index in [1.807, 2.05) is 24.3 Å². The zero-order valence-corrected chi connectivity index (χ0v) is 30.3. The summed E-state index contributed by atoms with van der Waals surface area (Å²) in [5, 5.41) is 20.6. The molecule has 4 aromatic heterocycles. The first-order chi connectivity index (χ1) is 24.5. The quantitative estimate of drug-likeness (QED) is 0.137. The van der Waals surface area contributed by atoms with Gasteiger partial charge in [-0.3, -0.25) is 0 Å². The molecule has 0 atom stereocenters. The first kappa shape index (κ1) is 31.3. The highest BCUT2D eigenvalue weighted by Gasteiger charge is 2.52. The molecule has 6 nitrogen and oxygen atoms in total. The van der Waals surface area contributed by atoms with Crippen LogP contribution in [0.15, 0.2) is 47.8 Å². The van der Waals surface area contributed by atoms with Crippen molar-refractivity contribution < 1.29 is 0 Å². The Bertz CT molecular complexity index is 2260. The number of hydrogen-bond donors (Lipinski definition) is 0. The second-order valence-electron chi connectivity index (χ2n) is 13.5. The van der Waals surface area contributed by atoms with Crippen molar-refractivity contribution >= 4 is 57.5 Å². The van der Waals surface area contributed by atoms with Gasteiger partial charge in [0.25, 0.3) is 11.4 Å². The molecule has 0 amide bonds. The van der Waals surface area contributed by atoms with Gasteiger partial charge in [-0.1, -0.05) is 38.5 Å². The fourth-order valence-corrected chi connectivity index (χ4v) is 13.1. The van der Waals surface area contributed by atoms with Crippen molar-refractivity contribution in [2.24, 2.45) is 0 Å². The number of thiophene rings is 2. The minimum Gasteiger partial charge on any atom is -0.239 e. The van der Waals surface area contributed by atoms with Crippen LogP contribution in [0, 0.1) is 35.8 Å². The highest BCUT2D eigenvalue weighted by molar-refractivity contribution is 7.24. The molecule has 5 aromatic rings. The van der Waals surface area contributed by atoms with Crippen LogP contribution in [-0.2, 0) is 10.8 Å². The minimum absolute atomic E-state index is 0.0862. The van der Waals surface area contributed by atoms with E-state index in [-0.39, 0.29) is 22.2 Å². The second kappa shape index (κ2) is 12.0. The van der Waals surface area contributed by atoms with Crippen LogP contribution in [0.3, 0.4) is 0 Å². The van der Waals surface area contributed by atoms with E-state index in [0.717, 1.165) is 55.2 Å². The van der Waals surface area contributed by atoms with Gasteiger partial charge in [0.15, 0.2) is 0 Å². The lowest BCUT2D eigenvalue weighted by molar-refractivity contribution is 0.344. The molecule has 242 valence electrons. The predicted octanol–water partition coefficient (Wildman–Crippen LogP) is 12.1. The molecular formula is C40H28N6S4. The number of fused-ring (bicyclic) bond motifs is 10. The van der Waals surface area contributed by atoms with E-state index in [1.54, 1.807) is 57.5 Å². The third kappa shape index (κ3) is 4.64. The molecule has 1 aromatic carbocycles. The first-order valence-electron chi connectivity index (χ1n) is 16.9. The Morgan fingerprint density at radius 1 is 0.640 bits per heavy atom. The van der Waals surface area contributed by atoms with Crippen molar-refractivity contribution in [2.75, 3.05) is 0 Å². The third-order valence-corrected chi connectivity index (χ3v) is 15.5. The number of hydrogen-bond acceptors (Lipinski definition) is 8. The van der Waals surface area contributed by atoms with Crippen molar-refractivity contribution in [3.63, 3.8) is 0 Å². The Kier molecular flexibility index (Phi) is 7.50. The number of nitrogens with zero attached hydrogens (tertiary/aromatic N) is 6. The van der Waals surface area contributed by atoms with E-state index < -0.39 is 0 Å². The van der Waals surface area contributed by atoms with Crippen molar-refractivity contribution in [2.45, 2.75) is 75.0 Å². The molecule has 2 saturated carbocycles. The summed E-state index contributed by atoms with van der Waals surface area (Å²) in [5.41, 5.74) is 8.14. The molecule has 10 heteroatoms. The molecular weight excluding hydrogens is 693 g/mol. The van der Waals surface area contributed by atoms with Crippen LogP contribution in [0.4, 0.5) is 0 Å². The van der Waals surface area contributed by atoms with Gasteiger partial charge in [0.1, 0.15) is 10.0 Å². The molecule has 4 aliphatic carbocycles. The number of nitriles is 2. The van der Waals surface area contributed by atoms with E-state index in [0.29, 0.717) is 0 Å².